The molecular formula is C24H21ClN2O4. The molecule has 31 heavy (non-hydrogen) atoms. The molecule has 0 fully saturated rings. The molecular weight excluding hydrogens is 416 g/mol. The molecule has 6 nitrogen and oxygen atoms in total. The zero-order valence-electron chi connectivity index (χ0n) is 16.5. The molecule has 7 heteroatoms. The summed E-state index contributed by atoms with van der Waals surface area (Å²) in [4.78, 5) is 15.9. The third kappa shape index (κ3) is 4.88. The highest BCUT2D eigenvalue weighted by atomic mass is 35.5. The maximum Gasteiger partial charge on any atom is 0.272 e. The highest BCUT2D eigenvalue weighted by Gasteiger charge is 2.16. The summed E-state index contributed by atoms with van der Waals surface area (Å²) < 4.78 is 5.93. The van der Waals surface area contributed by atoms with Crippen molar-refractivity contribution in [3.05, 3.63) is 94.6 Å². The van der Waals surface area contributed by atoms with E-state index < -0.39 is 12.7 Å². The first kappa shape index (κ1) is 20.9. The lowest BCUT2D eigenvalue weighted by molar-refractivity contribution is 0.0953. The molecule has 4 N–H and O–H groups in total. The Balaban J connectivity index is 1.59. The van der Waals surface area contributed by atoms with Crippen LogP contribution in [0.1, 0.15) is 27.7 Å². The van der Waals surface area contributed by atoms with Crippen LogP contribution >= 0.6 is 11.6 Å². The van der Waals surface area contributed by atoms with Gasteiger partial charge in [0.25, 0.3) is 5.91 Å². The van der Waals surface area contributed by atoms with E-state index in [2.05, 4.69) is 10.3 Å². The van der Waals surface area contributed by atoms with Gasteiger partial charge < -0.3 is 25.3 Å². The van der Waals surface area contributed by atoms with Crippen molar-refractivity contribution in [1.82, 2.24) is 4.98 Å². The first-order chi connectivity index (χ1) is 15.0. The average Bonchev–Trinajstić information content (AvgIpc) is 3.22. The van der Waals surface area contributed by atoms with E-state index in [1.54, 1.807) is 36.4 Å². The van der Waals surface area contributed by atoms with E-state index in [-0.39, 0.29) is 12.5 Å². The maximum atomic E-state index is 12.8. The number of nitrogens with one attached hydrogen (secondary N) is 2. The number of aliphatic hydroxyl groups is 2. The van der Waals surface area contributed by atoms with Gasteiger partial charge >= 0.3 is 0 Å². The summed E-state index contributed by atoms with van der Waals surface area (Å²) in [5.41, 5.74) is 3.08. The summed E-state index contributed by atoms with van der Waals surface area (Å²) in [5.74, 6) is 0.0497. The SMILES string of the molecule is O=C(Nc1ccc(C(O)CO)cc1OCc1ccccc1)c1cc2cc(Cl)ccc2[nH]1. The van der Waals surface area contributed by atoms with Gasteiger partial charge in [-0.15, -0.1) is 0 Å². The van der Waals surface area contributed by atoms with Gasteiger partial charge in [-0.05, 0) is 47.5 Å². The molecule has 1 heterocycles. The predicted molar refractivity (Wildman–Crippen MR) is 121 cm³/mol. The van der Waals surface area contributed by atoms with Crippen LogP contribution in [0, 0.1) is 0 Å². The molecule has 4 aromatic rings. The number of fused-ring (bicyclic) bond motifs is 1. The van der Waals surface area contributed by atoms with Crippen LogP contribution in [0.4, 0.5) is 5.69 Å². The molecule has 0 saturated carbocycles. The Morgan fingerprint density at radius 1 is 1.06 bits per heavy atom. The Kier molecular flexibility index (Phi) is 6.23. The van der Waals surface area contributed by atoms with Gasteiger partial charge in [0.15, 0.2) is 0 Å². The van der Waals surface area contributed by atoms with E-state index in [9.17, 15) is 15.0 Å². The fourth-order valence-electron chi connectivity index (χ4n) is 3.23. The third-order valence-electron chi connectivity index (χ3n) is 4.88. The lowest BCUT2D eigenvalue weighted by Crippen LogP contribution is -2.14. The first-order valence-corrected chi connectivity index (χ1v) is 10.1. The zero-order valence-corrected chi connectivity index (χ0v) is 17.3. The lowest BCUT2D eigenvalue weighted by Gasteiger charge is -2.16. The summed E-state index contributed by atoms with van der Waals surface area (Å²) in [7, 11) is 0. The number of aliphatic hydroxyl groups excluding tert-OH is 2. The Bertz CT molecular complexity index is 1210. The van der Waals surface area contributed by atoms with Crippen molar-refractivity contribution >= 4 is 34.1 Å². The smallest absolute Gasteiger partial charge is 0.272 e. The molecule has 1 aromatic heterocycles. The largest absolute Gasteiger partial charge is 0.487 e. The number of hydrogen-bond donors (Lipinski definition) is 4. The van der Waals surface area contributed by atoms with E-state index in [1.807, 2.05) is 36.4 Å². The highest BCUT2D eigenvalue weighted by molar-refractivity contribution is 6.31. The van der Waals surface area contributed by atoms with E-state index in [1.165, 1.54) is 0 Å². The number of ether oxygens (including phenoxy) is 1. The van der Waals surface area contributed by atoms with Gasteiger partial charge in [-0.25, -0.2) is 0 Å². The number of amides is 1. The van der Waals surface area contributed by atoms with Gasteiger partial charge in [0.05, 0.1) is 12.3 Å². The van der Waals surface area contributed by atoms with Gasteiger partial charge in [-0.3, -0.25) is 4.79 Å². The summed E-state index contributed by atoms with van der Waals surface area (Å²) >= 11 is 6.03. The summed E-state index contributed by atoms with van der Waals surface area (Å²) in [6, 6.07) is 21.6. The van der Waals surface area contributed by atoms with Gasteiger partial charge in [0.2, 0.25) is 0 Å². The number of carbonyl (C=O) groups is 1. The second kappa shape index (κ2) is 9.22. The van der Waals surface area contributed by atoms with Crippen molar-refractivity contribution in [2.24, 2.45) is 0 Å². The molecule has 0 saturated heterocycles. The van der Waals surface area contributed by atoms with Crippen molar-refractivity contribution in [2.75, 3.05) is 11.9 Å². The molecule has 0 spiro atoms. The number of H-pyrrole nitrogens is 1. The minimum absolute atomic E-state index is 0.285. The number of aromatic nitrogens is 1. The summed E-state index contributed by atoms with van der Waals surface area (Å²) in [5, 5.41) is 23.5. The van der Waals surface area contributed by atoms with Gasteiger partial charge in [0, 0.05) is 15.9 Å². The van der Waals surface area contributed by atoms with E-state index in [4.69, 9.17) is 16.3 Å². The van der Waals surface area contributed by atoms with Gasteiger partial charge in [-0.1, -0.05) is 48.0 Å². The minimum atomic E-state index is -1.04. The Morgan fingerprint density at radius 2 is 1.87 bits per heavy atom. The van der Waals surface area contributed by atoms with Crippen LogP contribution < -0.4 is 10.1 Å². The second-order valence-corrected chi connectivity index (χ2v) is 7.53. The Morgan fingerprint density at radius 3 is 2.65 bits per heavy atom. The quantitative estimate of drug-likeness (QED) is 0.338. The molecule has 0 bridgehead atoms. The number of aromatic amines is 1. The molecule has 158 valence electrons. The predicted octanol–water partition coefficient (Wildman–Crippen LogP) is 4.68. The standard InChI is InChI=1S/C24H21ClN2O4/c25-18-7-9-19-17(10-18)11-21(26-19)24(30)27-20-8-6-16(22(29)13-28)12-23(20)31-14-15-4-2-1-3-5-15/h1-12,22,26,28-29H,13-14H2,(H,27,30). The Labute approximate surface area is 184 Å². The normalized spacial score (nSPS) is 12.0. The van der Waals surface area contributed by atoms with E-state index in [0.717, 1.165) is 16.5 Å². The average molecular weight is 437 g/mol. The number of benzene rings is 3. The number of carbonyl (C=O) groups excluding carboxylic acids is 1. The van der Waals surface area contributed by atoms with Crippen LogP contribution in [0.15, 0.2) is 72.8 Å². The van der Waals surface area contributed by atoms with Crippen molar-refractivity contribution < 1.29 is 19.7 Å². The van der Waals surface area contributed by atoms with Crippen molar-refractivity contribution in [2.45, 2.75) is 12.7 Å². The van der Waals surface area contributed by atoms with Gasteiger partial charge in [-0.2, -0.15) is 0 Å². The molecule has 0 aliphatic rings. The number of halogens is 1. The van der Waals surface area contributed by atoms with Crippen molar-refractivity contribution in [1.29, 1.82) is 0 Å². The highest BCUT2D eigenvalue weighted by Crippen LogP contribution is 2.30. The van der Waals surface area contributed by atoms with Crippen LogP contribution in [0.25, 0.3) is 10.9 Å². The van der Waals surface area contributed by atoms with Crippen LogP contribution in [0.5, 0.6) is 5.75 Å². The number of rotatable bonds is 7. The molecule has 0 aliphatic carbocycles. The first-order valence-electron chi connectivity index (χ1n) is 9.72. The van der Waals surface area contributed by atoms with Crippen molar-refractivity contribution in [3.8, 4) is 5.75 Å². The molecule has 1 amide bonds. The van der Waals surface area contributed by atoms with E-state index in [0.29, 0.717) is 27.7 Å². The third-order valence-corrected chi connectivity index (χ3v) is 5.11. The fraction of sp³-hybridized carbons (Fsp3) is 0.125. The van der Waals surface area contributed by atoms with Crippen LogP contribution in [-0.4, -0.2) is 27.7 Å². The molecule has 1 unspecified atom stereocenters. The van der Waals surface area contributed by atoms with Crippen LogP contribution in [0.3, 0.4) is 0 Å². The molecule has 3 aromatic carbocycles. The molecule has 1 atom stereocenters. The lowest BCUT2D eigenvalue weighted by atomic mass is 10.1. The monoisotopic (exact) mass is 436 g/mol. The number of hydrogen-bond acceptors (Lipinski definition) is 4. The second-order valence-electron chi connectivity index (χ2n) is 7.10. The van der Waals surface area contributed by atoms with Crippen LogP contribution in [-0.2, 0) is 6.61 Å². The Hall–Kier alpha value is -3.32. The summed E-state index contributed by atoms with van der Waals surface area (Å²) in [6.45, 7) is -0.130. The van der Waals surface area contributed by atoms with E-state index >= 15 is 0 Å². The molecule has 0 radical (unpaired) electrons. The van der Waals surface area contributed by atoms with Crippen molar-refractivity contribution in [3.63, 3.8) is 0 Å². The maximum absolute atomic E-state index is 12.8. The number of anilines is 1. The summed E-state index contributed by atoms with van der Waals surface area (Å²) in [6.07, 6.45) is -1.04. The van der Waals surface area contributed by atoms with Crippen LogP contribution in [0.2, 0.25) is 5.02 Å². The van der Waals surface area contributed by atoms with Gasteiger partial charge in [0.1, 0.15) is 24.2 Å². The minimum Gasteiger partial charge on any atom is -0.487 e. The fourth-order valence-corrected chi connectivity index (χ4v) is 3.41. The molecule has 4 rings (SSSR count). The zero-order chi connectivity index (χ0) is 21.8. The molecule has 0 aliphatic heterocycles. The topological polar surface area (TPSA) is 94.6 Å².